The minimum absolute atomic E-state index is 0.138. The molecule has 2 heteroatoms. The maximum Gasteiger partial charge on any atom is 0.123 e. The maximum atomic E-state index is 13.4. The topological polar surface area (TPSA) is 12.0 Å². The predicted octanol–water partition coefficient (Wildman–Crippen LogP) is 3.83. The van der Waals surface area contributed by atoms with E-state index in [1.54, 1.807) is 12.1 Å². The van der Waals surface area contributed by atoms with Crippen molar-refractivity contribution in [1.29, 1.82) is 0 Å². The van der Waals surface area contributed by atoms with E-state index < -0.39 is 0 Å². The van der Waals surface area contributed by atoms with E-state index in [4.69, 9.17) is 0 Å². The lowest BCUT2D eigenvalue weighted by molar-refractivity contribution is 0.358. The quantitative estimate of drug-likeness (QED) is 0.800. The van der Waals surface area contributed by atoms with Gasteiger partial charge in [0.05, 0.1) is 0 Å². The van der Waals surface area contributed by atoms with Gasteiger partial charge < -0.3 is 5.32 Å². The molecule has 16 heavy (non-hydrogen) atoms. The monoisotopic (exact) mass is 223 g/mol. The van der Waals surface area contributed by atoms with E-state index >= 15 is 0 Å². The fraction of sp³-hybridized carbons (Fsp3) is 0.571. The first-order chi connectivity index (χ1) is 7.62. The molecule has 0 fully saturated rings. The second-order valence-electron chi connectivity index (χ2n) is 4.40. The fourth-order valence-electron chi connectivity index (χ4n) is 2.38. The Morgan fingerprint density at radius 2 is 1.81 bits per heavy atom. The second-order valence-corrected chi connectivity index (χ2v) is 4.40. The van der Waals surface area contributed by atoms with E-state index in [9.17, 15) is 4.39 Å². The van der Waals surface area contributed by atoms with Crippen molar-refractivity contribution in [1.82, 2.24) is 5.32 Å². The normalized spacial score (nSPS) is 13.1. The van der Waals surface area contributed by atoms with Crippen LogP contribution in [0.25, 0.3) is 0 Å². The third-order valence-electron chi connectivity index (χ3n) is 3.25. The van der Waals surface area contributed by atoms with Crippen LogP contribution in [-0.4, -0.2) is 7.05 Å². The fourth-order valence-corrected chi connectivity index (χ4v) is 2.38. The molecule has 0 heterocycles. The molecule has 1 N–H and O–H groups in total. The lowest BCUT2D eigenvalue weighted by Crippen LogP contribution is -2.24. The summed E-state index contributed by atoms with van der Waals surface area (Å²) in [5, 5.41) is 3.31. The number of halogens is 1. The molecule has 0 amide bonds. The van der Waals surface area contributed by atoms with E-state index in [0.717, 1.165) is 24.0 Å². The van der Waals surface area contributed by atoms with Gasteiger partial charge in [-0.1, -0.05) is 32.8 Å². The maximum absolute atomic E-state index is 13.4. The number of nitrogens with one attached hydrogen (secondary N) is 1. The van der Waals surface area contributed by atoms with Gasteiger partial charge in [-0.25, -0.2) is 4.39 Å². The van der Waals surface area contributed by atoms with Crippen molar-refractivity contribution in [2.24, 2.45) is 5.92 Å². The van der Waals surface area contributed by atoms with Crippen LogP contribution in [0.15, 0.2) is 18.2 Å². The minimum atomic E-state index is -0.138. The Kier molecular flexibility index (Phi) is 4.94. The predicted molar refractivity (Wildman–Crippen MR) is 67.0 cm³/mol. The van der Waals surface area contributed by atoms with Crippen LogP contribution >= 0.6 is 0 Å². The van der Waals surface area contributed by atoms with Gasteiger partial charge in [-0.3, -0.25) is 0 Å². The third-order valence-corrected chi connectivity index (χ3v) is 3.25. The zero-order valence-corrected chi connectivity index (χ0v) is 10.7. The van der Waals surface area contributed by atoms with Gasteiger partial charge in [0, 0.05) is 6.04 Å². The zero-order chi connectivity index (χ0) is 12.1. The molecule has 0 aliphatic rings. The summed E-state index contributed by atoms with van der Waals surface area (Å²) in [6.07, 6.45) is 2.22. The average molecular weight is 223 g/mol. The van der Waals surface area contributed by atoms with Gasteiger partial charge in [0.2, 0.25) is 0 Å². The Hall–Kier alpha value is -0.890. The Bertz CT molecular complexity index is 311. The van der Waals surface area contributed by atoms with E-state index in [2.05, 4.69) is 25.2 Å². The average Bonchev–Trinajstić information content (AvgIpc) is 2.24. The van der Waals surface area contributed by atoms with Crippen LogP contribution < -0.4 is 5.32 Å². The first-order valence-corrected chi connectivity index (χ1v) is 6.06. The molecule has 0 bridgehead atoms. The number of aryl methyl sites for hydroxylation is 1. The van der Waals surface area contributed by atoms with Crippen LogP contribution in [0.5, 0.6) is 0 Å². The van der Waals surface area contributed by atoms with Crippen molar-refractivity contribution in [2.45, 2.75) is 39.7 Å². The number of benzene rings is 1. The van der Waals surface area contributed by atoms with E-state index in [1.165, 1.54) is 0 Å². The largest absolute Gasteiger partial charge is 0.313 e. The summed E-state index contributed by atoms with van der Waals surface area (Å²) in [6.45, 7) is 6.31. The summed E-state index contributed by atoms with van der Waals surface area (Å²) in [5.41, 5.74) is 2.05. The number of hydrogen-bond acceptors (Lipinski definition) is 1. The van der Waals surface area contributed by atoms with Crippen molar-refractivity contribution in [3.8, 4) is 0 Å². The summed E-state index contributed by atoms with van der Waals surface area (Å²) in [6, 6.07) is 5.54. The van der Waals surface area contributed by atoms with Gasteiger partial charge in [-0.05, 0) is 43.1 Å². The van der Waals surface area contributed by atoms with Crippen molar-refractivity contribution >= 4 is 0 Å². The summed E-state index contributed by atoms with van der Waals surface area (Å²) >= 11 is 0. The smallest absolute Gasteiger partial charge is 0.123 e. The van der Waals surface area contributed by atoms with Crippen molar-refractivity contribution in [3.63, 3.8) is 0 Å². The lowest BCUT2D eigenvalue weighted by atomic mass is 9.88. The Labute approximate surface area is 98.1 Å². The zero-order valence-electron chi connectivity index (χ0n) is 10.7. The Balaban J connectivity index is 3.02. The highest BCUT2D eigenvalue weighted by Gasteiger charge is 2.19. The van der Waals surface area contributed by atoms with Crippen LogP contribution in [0.4, 0.5) is 4.39 Å². The minimum Gasteiger partial charge on any atom is -0.313 e. The number of rotatable bonds is 5. The molecule has 0 spiro atoms. The van der Waals surface area contributed by atoms with Crippen molar-refractivity contribution in [2.75, 3.05) is 7.05 Å². The summed E-state index contributed by atoms with van der Waals surface area (Å²) in [5.74, 6) is 0.424. The molecule has 0 aromatic heterocycles. The Morgan fingerprint density at radius 3 is 2.25 bits per heavy atom. The SMILES string of the molecule is CCC(CC)C(NC)c1cc(C)cc(F)c1. The molecule has 0 radical (unpaired) electrons. The third kappa shape index (κ3) is 3.05. The van der Waals surface area contributed by atoms with Crippen LogP contribution in [0.2, 0.25) is 0 Å². The first-order valence-electron chi connectivity index (χ1n) is 6.06. The standard InChI is InChI=1S/C14H22FN/c1-5-11(6-2)14(16-4)12-7-10(3)8-13(15)9-12/h7-9,11,14,16H,5-6H2,1-4H3. The molecule has 1 unspecified atom stereocenters. The van der Waals surface area contributed by atoms with Crippen LogP contribution in [-0.2, 0) is 0 Å². The molecule has 1 aromatic rings. The van der Waals surface area contributed by atoms with Crippen LogP contribution in [0.1, 0.15) is 43.9 Å². The van der Waals surface area contributed by atoms with E-state index in [1.807, 2.05) is 14.0 Å². The molecule has 1 aromatic carbocycles. The molecule has 0 saturated heterocycles. The molecule has 0 aliphatic heterocycles. The molecule has 0 saturated carbocycles. The molecule has 90 valence electrons. The van der Waals surface area contributed by atoms with Crippen molar-refractivity contribution in [3.05, 3.63) is 35.1 Å². The molecular weight excluding hydrogens is 201 g/mol. The van der Waals surface area contributed by atoms with Crippen LogP contribution in [0, 0.1) is 18.7 Å². The highest BCUT2D eigenvalue weighted by Crippen LogP contribution is 2.28. The molecular formula is C14H22FN. The Morgan fingerprint density at radius 1 is 1.19 bits per heavy atom. The summed E-state index contributed by atoms with van der Waals surface area (Å²) < 4.78 is 13.4. The molecule has 1 rings (SSSR count). The highest BCUT2D eigenvalue weighted by molar-refractivity contribution is 5.26. The van der Waals surface area contributed by atoms with Gasteiger partial charge in [-0.15, -0.1) is 0 Å². The molecule has 0 aliphatic carbocycles. The molecule has 1 nitrogen and oxygen atoms in total. The van der Waals surface area contributed by atoms with Gasteiger partial charge >= 0.3 is 0 Å². The molecule has 1 atom stereocenters. The van der Waals surface area contributed by atoms with E-state index in [-0.39, 0.29) is 11.9 Å². The van der Waals surface area contributed by atoms with Gasteiger partial charge in [-0.2, -0.15) is 0 Å². The van der Waals surface area contributed by atoms with E-state index in [0.29, 0.717) is 5.92 Å². The van der Waals surface area contributed by atoms with Crippen molar-refractivity contribution < 1.29 is 4.39 Å². The summed E-state index contributed by atoms with van der Waals surface area (Å²) in [4.78, 5) is 0. The number of hydrogen-bond donors (Lipinski definition) is 1. The summed E-state index contributed by atoms with van der Waals surface area (Å²) in [7, 11) is 1.95. The first kappa shape index (κ1) is 13.2. The van der Waals surface area contributed by atoms with Gasteiger partial charge in [0.15, 0.2) is 0 Å². The van der Waals surface area contributed by atoms with Gasteiger partial charge in [0.1, 0.15) is 5.82 Å². The lowest BCUT2D eigenvalue weighted by Gasteiger charge is -2.25. The van der Waals surface area contributed by atoms with Crippen LogP contribution in [0.3, 0.4) is 0 Å². The highest BCUT2D eigenvalue weighted by atomic mass is 19.1. The second kappa shape index (κ2) is 6.00. The van der Waals surface area contributed by atoms with Gasteiger partial charge in [0.25, 0.3) is 0 Å².